The molecule has 0 amide bonds. The van der Waals surface area contributed by atoms with Gasteiger partial charge in [0.15, 0.2) is 22.7 Å². The van der Waals surface area contributed by atoms with E-state index >= 15 is 0 Å². The van der Waals surface area contributed by atoms with E-state index in [9.17, 15) is 9.59 Å². The van der Waals surface area contributed by atoms with Crippen molar-refractivity contribution >= 4 is 45.8 Å². The van der Waals surface area contributed by atoms with E-state index in [1.165, 1.54) is 0 Å². The van der Waals surface area contributed by atoms with Crippen LogP contribution in [0.4, 0.5) is 12.0 Å². The summed E-state index contributed by atoms with van der Waals surface area (Å²) in [5.74, 6) is -0.783. The largest absolute Gasteiger partial charge is 0.424 e. The van der Waals surface area contributed by atoms with Crippen LogP contribution in [0.2, 0.25) is 0 Å². The standard InChI is InChI=1S/C17H12N4O4/c18-16-20-14-8(3-1-5-12(14)24-16)10(22)7-11(23)9-4-2-6-13-15(9)21-17(19)25-13/h1-6H,7H2,(H2,18,20)(H2,19,21). The minimum Gasteiger partial charge on any atom is -0.424 e. The summed E-state index contributed by atoms with van der Waals surface area (Å²) in [6, 6.07) is 9.66. The van der Waals surface area contributed by atoms with Gasteiger partial charge in [-0.15, -0.1) is 0 Å². The van der Waals surface area contributed by atoms with Gasteiger partial charge in [-0.1, -0.05) is 12.1 Å². The molecule has 0 fully saturated rings. The maximum atomic E-state index is 12.6. The molecule has 4 rings (SSSR count). The normalized spacial score (nSPS) is 11.2. The average molecular weight is 336 g/mol. The molecule has 0 saturated carbocycles. The third-order valence-corrected chi connectivity index (χ3v) is 3.79. The first-order valence-corrected chi connectivity index (χ1v) is 7.39. The molecule has 0 radical (unpaired) electrons. The Morgan fingerprint density at radius 2 is 1.24 bits per heavy atom. The summed E-state index contributed by atoms with van der Waals surface area (Å²) < 4.78 is 10.4. The highest BCUT2D eigenvalue weighted by molar-refractivity contribution is 6.19. The summed E-state index contributed by atoms with van der Waals surface area (Å²) in [5, 5.41) is 0. The van der Waals surface area contributed by atoms with Gasteiger partial charge in [-0.3, -0.25) is 9.59 Å². The zero-order valence-electron chi connectivity index (χ0n) is 12.9. The number of rotatable bonds is 4. The molecule has 0 saturated heterocycles. The van der Waals surface area contributed by atoms with Crippen LogP contribution in [0.3, 0.4) is 0 Å². The number of ketones is 2. The van der Waals surface area contributed by atoms with E-state index in [-0.39, 0.29) is 29.6 Å². The van der Waals surface area contributed by atoms with E-state index in [1.54, 1.807) is 36.4 Å². The van der Waals surface area contributed by atoms with Crippen LogP contribution in [0.25, 0.3) is 22.2 Å². The Hall–Kier alpha value is -3.68. The predicted molar refractivity (Wildman–Crippen MR) is 90.1 cm³/mol. The number of hydrogen-bond acceptors (Lipinski definition) is 8. The Morgan fingerprint density at radius 1 is 0.800 bits per heavy atom. The van der Waals surface area contributed by atoms with E-state index in [1.807, 2.05) is 0 Å². The van der Waals surface area contributed by atoms with Crippen LogP contribution in [0.1, 0.15) is 27.1 Å². The molecule has 2 aromatic carbocycles. The van der Waals surface area contributed by atoms with Crippen LogP contribution < -0.4 is 11.5 Å². The van der Waals surface area contributed by atoms with Gasteiger partial charge in [0.05, 0.1) is 6.42 Å². The van der Waals surface area contributed by atoms with Crippen molar-refractivity contribution in [1.29, 1.82) is 0 Å². The second kappa shape index (κ2) is 5.45. The molecule has 4 N–H and O–H groups in total. The number of para-hydroxylation sites is 2. The summed E-state index contributed by atoms with van der Waals surface area (Å²) in [4.78, 5) is 33.2. The SMILES string of the molecule is Nc1nc2c(C(=O)CC(=O)c3cccc4oc(N)nc34)cccc2o1. The van der Waals surface area contributed by atoms with Crippen LogP contribution in [0.5, 0.6) is 0 Å². The second-order valence-electron chi connectivity index (χ2n) is 5.43. The molecular weight excluding hydrogens is 324 g/mol. The van der Waals surface area contributed by atoms with E-state index in [4.69, 9.17) is 20.3 Å². The monoisotopic (exact) mass is 336 g/mol. The number of aromatic nitrogens is 2. The number of Topliss-reactive ketones (excluding diaryl/α,β-unsaturated/α-hetero) is 2. The molecule has 0 aliphatic rings. The quantitative estimate of drug-likeness (QED) is 0.428. The van der Waals surface area contributed by atoms with Gasteiger partial charge in [-0.2, -0.15) is 9.97 Å². The van der Waals surface area contributed by atoms with Crippen molar-refractivity contribution in [2.45, 2.75) is 6.42 Å². The third kappa shape index (κ3) is 2.49. The molecule has 8 nitrogen and oxygen atoms in total. The van der Waals surface area contributed by atoms with Gasteiger partial charge in [0.1, 0.15) is 11.0 Å². The maximum absolute atomic E-state index is 12.6. The number of hydrogen-bond donors (Lipinski definition) is 2. The van der Waals surface area contributed by atoms with E-state index in [2.05, 4.69) is 9.97 Å². The molecule has 2 aromatic heterocycles. The fourth-order valence-electron chi connectivity index (χ4n) is 2.72. The number of anilines is 2. The van der Waals surface area contributed by atoms with Crippen LogP contribution >= 0.6 is 0 Å². The van der Waals surface area contributed by atoms with Crippen LogP contribution in [-0.2, 0) is 0 Å². The Kier molecular flexibility index (Phi) is 3.24. The Labute approximate surface area is 140 Å². The van der Waals surface area contributed by atoms with Crippen LogP contribution in [0.15, 0.2) is 45.2 Å². The molecule has 4 aromatic rings. The average Bonchev–Trinajstić information content (AvgIpc) is 3.14. The summed E-state index contributed by atoms with van der Waals surface area (Å²) in [7, 11) is 0. The minimum atomic E-state index is -0.391. The van der Waals surface area contributed by atoms with Gasteiger partial charge >= 0.3 is 0 Å². The summed E-state index contributed by atoms with van der Waals surface area (Å²) >= 11 is 0. The summed E-state index contributed by atoms with van der Waals surface area (Å²) in [5.41, 5.74) is 13.1. The third-order valence-electron chi connectivity index (χ3n) is 3.79. The first-order chi connectivity index (χ1) is 12.0. The second-order valence-corrected chi connectivity index (χ2v) is 5.43. The van der Waals surface area contributed by atoms with E-state index < -0.39 is 11.6 Å². The Morgan fingerprint density at radius 3 is 1.68 bits per heavy atom. The molecule has 0 unspecified atom stereocenters. The number of nitrogen functional groups attached to an aromatic ring is 2. The lowest BCUT2D eigenvalue weighted by atomic mass is 10.00. The van der Waals surface area contributed by atoms with Crippen molar-refractivity contribution in [1.82, 2.24) is 9.97 Å². The number of carbonyl (C=O) groups excluding carboxylic acids is 2. The maximum Gasteiger partial charge on any atom is 0.293 e. The van der Waals surface area contributed by atoms with Crippen LogP contribution in [0, 0.1) is 0 Å². The number of nitrogens with two attached hydrogens (primary N) is 2. The molecule has 2 heterocycles. The highest BCUT2D eigenvalue weighted by atomic mass is 16.4. The lowest BCUT2D eigenvalue weighted by molar-refractivity contribution is 0.0896. The first-order valence-electron chi connectivity index (χ1n) is 7.39. The fourth-order valence-corrected chi connectivity index (χ4v) is 2.72. The molecule has 25 heavy (non-hydrogen) atoms. The van der Waals surface area contributed by atoms with Crippen molar-refractivity contribution < 1.29 is 18.4 Å². The van der Waals surface area contributed by atoms with Crippen molar-refractivity contribution in [3.63, 3.8) is 0 Å². The number of benzene rings is 2. The highest BCUT2D eigenvalue weighted by Crippen LogP contribution is 2.24. The zero-order valence-corrected chi connectivity index (χ0v) is 12.9. The number of nitrogens with zero attached hydrogens (tertiary/aromatic N) is 2. The van der Waals surface area contributed by atoms with Crippen molar-refractivity contribution in [2.75, 3.05) is 11.5 Å². The highest BCUT2D eigenvalue weighted by Gasteiger charge is 2.21. The molecule has 0 spiro atoms. The Bertz CT molecular complexity index is 1050. The molecule has 0 aliphatic carbocycles. The van der Waals surface area contributed by atoms with Crippen molar-refractivity contribution in [3.05, 3.63) is 47.5 Å². The lowest BCUT2D eigenvalue weighted by Gasteiger charge is -2.02. The Balaban J connectivity index is 1.68. The predicted octanol–water partition coefficient (Wildman–Crippen LogP) is 2.59. The zero-order chi connectivity index (χ0) is 17.6. The van der Waals surface area contributed by atoms with Gasteiger partial charge in [-0.05, 0) is 24.3 Å². The van der Waals surface area contributed by atoms with E-state index in [0.29, 0.717) is 22.2 Å². The summed E-state index contributed by atoms with van der Waals surface area (Å²) in [6.07, 6.45) is -0.349. The van der Waals surface area contributed by atoms with Crippen molar-refractivity contribution in [2.24, 2.45) is 0 Å². The van der Waals surface area contributed by atoms with Crippen molar-refractivity contribution in [3.8, 4) is 0 Å². The van der Waals surface area contributed by atoms with Gasteiger partial charge in [0.2, 0.25) is 0 Å². The molecular formula is C17H12N4O4. The number of oxazole rings is 2. The topological polar surface area (TPSA) is 138 Å². The van der Waals surface area contributed by atoms with Gasteiger partial charge < -0.3 is 20.3 Å². The van der Waals surface area contributed by atoms with E-state index in [0.717, 1.165) is 0 Å². The minimum absolute atomic E-state index is 0.0376. The van der Waals surface area contributed by atoms with Gasteiger partial charge in [-0.25, -0.2) is 0 Å². The van der Waals surface area contributed by atoms with Gasteiger partial charge in [0.25, 0.3) is 12.0 Å². The molecule has 8 heteroatoms. The fraction of sp³-hybridized carbons (Fsp3) is 0.0588. The molecule has 0 aliphatic heterocycles. The molecule has 0 atom stereocenters. The molecule has 124 valence electrons. The lowest BCUT2D eigenvalue weighted by Crippen LogP contribution is -2.09. The molecule has 0 bridgehead atoms. The smallest absolute Gasteiger partial charge is 0.293 e. The van der Waals surface area contributed by atoms with Gasteiger partial charge in [0, 0.05) is 11.1 Å². The number of carbonyl (C=O) groups is 2. The number of fused-ring (bicyclic) bond motifs is 2. The first kappa shape index (κ1) is 14.9. The summed E-state index contributed by atoms with van der Waals surface area (Å²) in [6.45, 7) is 0. The van der Waals surface area contributed by atoms with Crippen LogP contribution in [-0.4, -0.2) is 21.5 Å².